The zero-order valence-corrected chi connectivity index (χ0v) is 11.8. The van der Waals surface area contributed by atoms with Gasteiger partial charge in [-0.3, -0.25) is 0 Å². The minimum absolute atomic E-state index is 0.521. The molecule has 0 rings (SSSR count). The molecule has 0 aromatic rings. The molecule has 0 atom stereocenters. The molecule has 0 radical (unpaired) electrons. The first-order valence-electron chi connectivity index (χ1n) is 7.31. The van der Waals surface area contributed by atoms with Crippen LogP contribution >= 0.6 is 0 Å². The van der Waals surface area contributed by atoms with Crippen LogP contribution in [0.25, 0.3) is 0 Å². The van der Waals surface area contributed by atoms with Crippen LogP contribution in [-0.4, -0.2) is 6.29 Å². The molecule has 1 nitrogen and oxygen atoms in total. The zero-order chi connectivity index (χ0) is 13.3. The van der Waals surface area contributed by atoms with Gasteiger partial charge in [-0.2, -0.15) is 0 Å². The molecule has 0 unspecified atom stereocenters. The van der Waals surface area contributed by atoms with Crippen LogP contribution in [0.15, 0.2) is 0 Å². The lowest BCUT2D eigenvalue weighted by molar-refractivity contribution is -0.107. The third-order valence-electron chi connectivity index (χ3n) is 2.78. The minimum atomic E-state index is 0.521. The average molecular weight is 246 g/mol. The Bertz CT molecular complexity index is 295. The predicted molar refractivity (Wildman–Crippen MR) is 78.1 cm³/mol. The number of carbonyl (C=O) groups excluding carboxylic acids is 1. The molecule has 0 bridgehead atoms. The van der Waals surface area contributed by atoms with E-state index in [1.807, 2.05) is 0 Å². The van der Waals surface area contributed by atoms with E-state index >= 15 is 0 Å². The van der Waals surface area contributed by atoms with E-state index in [9.17, 15) is 4.79 Å². The monoisotopic (exact) mass is 246 g/mol. The van der Waals surface area contributed by atoms with Gasteiger partial charge in [0.2, 0.25) is 0 Å². The van der Waals surface area contributed by atoms with Crippen molar-refractivity contribution in [2.75, 3.05) is 0 Å². The molecule has 0 saturated heterocycles. The second kappa shape index (κ2) is 15.8. The van der Waals surface area contributed by atoms with E-state index in [1.165, 1.54) is 51.4 Å². The average Bonchev–Trinajstić information content (AvgIpc) is 2.39. The van der Waals surface area contributed by atoms with Crippen molar-refractivity contribution in [1.29, 1.82) is 0 Å². The Labute approximate surface area is 113 Å². The van der Waals surface area contributed by atoms with Gasteiger partial charge in [0.25, 0.3) is 0 Å². The summed E-state index contributed by atoms with van der Waals surface area (Å²) in [4.78, 5) is 10.0. The summed E-state index contributed by atoms with van der Waals surface area (Å²) in [6.07, 6.45) is 13.7. The molecule has 100 valence electrons. The first kappa shape index (κ1) is 16.8. The maximum Gasteiger partial charge on any atom is 0.120 e. The van der Waals surface area contributed by atoms with Crippen molar-refractivity contribution in [2.24, 2.45) is 0 Å². The topological polar surface area (TPSA) is 17.1 Å². The molecule has 18 heavy (non-hydrogen) atoms. The second-order valence-electron chi connectivity index (χ2n) is 4.53. The molecule has 0 amide bonds. The number of hydrogen-bond acceptors (Lipinski definition) is 1. The van der Waals surface area contributed by atoms with E-state index < -0.39 is 0 Å². The van der Waals surface area contributed by atoms with Gasteiger partial charge >= 0.3 is 0 Å². The van der Waals surface area contributed by atoms with Crippen LogP contribution in [0.1, 0.15) is 77.6 Å². The Morgan fingerprint density at radius 2 is 1.33 bits per heavy atom. The SMILES string of the molecule is CCCCCCCCCCC#CC#CCCC=O. The summed E-state index contributed by atoms with van der Waals surface area (Å²) in [6.45, 7) is 2.25. The van der Waals surface area contributed by atoms with Gasteiger partial charge in [0.05, 0.1) is 0 Å². The maximum atomic E-state index is 10.0. The lowest BCUT2D eigenvalue weighted by Crippen LogP contribution is -1.79. The number of rotatable bonds is 10. The molecule has 0 fully saturated rings. The maximum absolute atomic E-state index is 10.0. The van der Waals surface area contributed by atoms with Gasteiger partial charge in [-0.1, -0.05) is 63.7 Å². The van der Waals surface area contributed by atoms with Crippen LogP contribution in [0.3, 0.4) is 0 Å². The molecule has 0 aromatic heterocycles. The highest BCUT2D eigenvalue weighted by molar-refractivity contribution is 5.49. The van der Waals surface area contributed by atoms with Gasteiger partial charge in [0.1, 0.15) is 6.29 Å². The fourth-order valence-corrected chi connectivity index (χ4v) is 1.69. The quantitative estimate of drug-likeness (QED) is 0.315. The normalized spacial score (nSPS) is 8.94. The van der Waals surface area contributed by atoms with Gasteiger partial charge in [-0.05, 0) is 18.3 Å². The number of hydrogen-bond donors (Lipinski definition) is 0. The smallest absolute Gasteiger partial charge is 0.120 e. The predicted octanol–water partition coefficient (Wildman–Crippen LogP) is 4.50. The number of aldehydes is 1. The zero-order valence-electron chi connectivity index (χ0n) is 11.8. The van der Waals surface area contributed by atoms with Crippen molar-refractivity contribution < 1.29 is 4.79 Å². The number of carbonyl (C=O) groups is 1. The second-order valence-corrected chi connectivity index (χ2v) is 4.53. The van der Waals surface area contributed by atoms with Crippen molar-refractivity contribution in [1.82, 2.24) is 0 Å². The highest BCUT2D eigenvalue weighted by Gasteiger charge is 1.89. The largest absolute Gasteiger partial charge is 0.303 e. The Kier molecular flexibility index (Phi) is 14.7. The van der Waals surface area contributed by atoms with E-state index in [0.717, 1.165) is 12.7 Å². The highest BCUT2D eigenvalue weighted by atomic mass is 16.1. The first-order chi connectivity index (χ1) is 8.91. The molecule has 1 heteroatoms. The van der Waals surface area contributed by atoms with Crippen LogP contribution < -0.4 is 0 Å². The van der Waals surface area contributed by atoms with Crippen molar-refractivity contribution >= 4 is 6.29 Å². The van der Waals surface area contributed by atoms with Gasteiger partial charge in [-0.25, -0.2) is 0 Å². The summed E-state index contributed by atoms with van der Waals surface area (Å²) < 4.78 is 0. The van der Waals surface area contributed by atoms with Crippen LogP contribution in [0.4, 0.5) is 0 Å². The standard InChI is InChI=1S/C17H26O/c1-2-3-4-5-6-7-8-9-10-11-12-13-14-15-16-17-18/h17H,2-10,15-16H2,1H3. The summed E-state index contributed by atoms with van der Waals surface area (Å²) >= 11 is 0. The van der Waals surface area contributed by atoms with Gasteiger partial charge < -0.3 is 4.79 Å². The van der Waals surface area contributed by atoms with Gasteiger partial charge in [0, 0.05) is 19.3 Å². The first-order valence-corrected chi connectivity index (χ1v) is 7.31. The molecule has 0 saturated carbocycles. The fourth-order valence-electron chi connectivity index (χ4n) is 1.69. The summed E-state index contributed by atoms with van der Waals surface area (Å²) in [5, 5.41) is 0. The molecule has 0 heterocycles. The third kappa shape index (κ3) is 14.8. The van der Waals surface area contributed by atoms with Gasteiger partial charge in [0.15, 0.2) is 0 Å². The van der Waals surface area contributed by atoms with Crippen LogP contribution in [-0.2, 0) is 4.79 Å². The van der Waals surface area contributed by atoms with E-state index in [-0.39, 0.29) is 0 Å². The molecular formula is C17H26O. The lowest BCUT2D eigenvalue weighted by atomic mass is 10.1. The summed E-state index contributed by atoms with van der Waals surface area (Å²) in [5.41, 5.74) is 0. The van der Waals surface area contributed by atoms with E-state index in [1.54, 1.807) is 0 Å². The minimum Gasteiger partial charge on any atom is -0.303 e. The Balaban J connectivity index is 3.21. The molecular weight excluding hydrogens is 220 g/mol. The molecule has 0 aliphatic carbocycles. The van der Waals surface area contributed by atoms with Crippen molar-refractivity contribution in [2.45, 2.75) is 77.6 Å². The van der Waals surface area contributed by atoms with Crippen molar-refractivity contribution in [3.63, 3.8) is 0 Å². The molecule has 0 aliphatic heterocycles. The third-order valence-corrected chi connectivity index (χ3v) is 2.78. The van der Waals surface area contributed by atoms with E-state index in [2.05, 4.69) is 30.6 Å². The van der Waals surface area contributed by atoms with E-state index in [4.69, 9.17) is 0 Å². The molecule has 0 N–H and O–H groups in total. The van der Waals surface area contributed by atoms with Crippen molar-refractivity contribution in [3.05, 3.63) is 0 Å². The summed E-state index contributed by atoms with van der Waals surface area (Å²) in [6, 6.07) is 0. The summed E-state index contributed by atoms with van der Waals surface area (Å²) in [7, 11) is 0. The van der Waals surface area contributed by atoms with Crippen LogP contribution in [0.5, 0.6) is 0 Å². The van der Waals surface area contributed by atoms with E-state index in [0.29, 0.717) is 12.8 Å². The van der Waals surface area contributed by atoms with Crippen LogP contribution in [0, 0.1) is 23.7 Å². The Hall–Kier alpha value is -1.21. The lowest BCUT2D eigenvalue weighted by Gasteiger charge is -1.98. The Morgan fingerprint density at radius 1 is 0.778 bits per heavy atom. The summed E-state index contributed by atoms with van der Waals surface area (Å²) in [5.74, 6) is 11.5. The van der Waals surface area contributed by atoms with Crippen molar-refractivity contribution in [3.8, 4) is 23.7 Å². The molecule has 0 spiro atoms. The fraction of sp³-hybridized carbons (Fsp3) is 0.706. The number of unbranched alkanes of at least 4 members (excludes halogenated alkanes) is 9. The Morgan fingerprint density at radius 3 is 1.94 bits per heavy atom. The van der Waals surface area contributed by atoms with Gasteiger partial charge in [-0.15, -0.1) is 0 Å². The molecule has 0 aromatic carbocycles. The molecule has 0 aliphatic rings. The van der Waals surface area contributed by atoms with Crippen LogP contribution in [0.2, 0.25) is 0 Å². The highest BCUT2D eigenvalue weighted by Crippen LogP contribution is 2.08.